The highest BCUT2D eigenvalue weighted by atomic mass is 35.5. The number of imidazole rings is 1. The van der Waals surface area contributed by atoms with Crippen LogP contribution in [0.3, 0.4) is 0 Å². The molecule has 12 nitrogen and oxygen atoms in total. The molecule has 2 aromatic rings. The maximum Gasteiger partial charge on any atom is 0.309 e. The third-order valence-electron chi connectivity index (χ3n) is 5.26. The Morgan fingerprint density at radius 3 is 2.58 bits per heavy atom. The summed E-state index contributed by atoms with van der Waals surface area (Å²) in [4.78, 5) is 38.7. The number of nitro groups is 1. The topological polar surface area (TPSA) is 154 Å². The number of halogens is 1. The van der Waals surface area contributed by atoms with Crippen LogP contribution in [0, 0.1) is 23.0 Å². The van der Waals surface area contributed by atoms with Gasteiger partial charge in [-0.05, 0) is 25.8 Å². The fourth-order valence-electron chi connectivity index (χ4n) is 3.28. The summed E-state index contributed by atoms with van der Waals surface area (Å²) in [6.45, 7) is 1.33. The van der Waals surface area contributed by atoms with Crippen LogP contribution in [0.5, 0.6) is 0 Å². The Balaban J connectivity index is 1.51. The van der Waals surface area contributed by atoms with Crippen molar-refractivity contribution < 1.29 is 27.7 Å². The largest absolute Gasteiger partial charge is 0.455 e. The summed E-state index contributed by atoms with van der Waals surface area (Å²) in [6, 6.07) is 3.57. The second-order valence-electron chi connectivity index (χ2n) is 7.49. The summed E-state index contributed by atoms with van der Waals surface area (Å²) >= 11 is 5.93. The number of aryl methyl sites for hydroxylation is 2. The SMILES string of the molecule is Cc1nc(S(=O)(=O)N2CCC(C(=O)OCC(=O)Nc3cc([N+](=O)[O-])ccc3Cl)CC2)cn1C. The third-order valence-corrected chi connectivity index (χ3v) is 7.36. The molecule has 14 heteroatoms. The molecule has 178 valence electrons. The first kappa shape index (κ1) is 24.6. The Morgan fingerprint density at radius 2 is 2.00 bits per heavy atom. The number of carbonyl (C=O) groups excluding carboxylic acids is 2. The Bertz CT molecular complexity index is 1170. The molecular formula is C19H22ClN5O7S. The zero-order chi connectivity index (χ0) is 24.3. The fraction of sp³-hybridized carbons (Fsp3) is 0.421. The Morgan fingerprint density at radius 1 is 1.33 bits per heavy atom. The zero-order valence-corrected chi connectivity index (χ0v) is 19.4. The number of sulfonamides is 1. The van der Waals surface area contributed by atoms with Gasteiger partial charge in [-0.3, -0.25) is 19.7 Å². The lowest BCUT2D eigenvalue weighted by atomic mass is 9.98. The van der Waals surface area contributed by atoms with E-state index in [1.807, 2.05) is 0 Å². The molecule has 1 saturated heterocycles. The standard InChI is InChI=1S/C19H22ClN5O7S/c1-12-21-18(10-23(12)2)33(30,31)24-7-5-13(6-8-24)19(27)32-11-17(26)22-16-9-14(25(28)29)3-4-15(16)20/h3-4,9-10,13H,5-8,11H2,1-2H3,(H,22,26). The fourth-order valence-corrected chi connectivity index (χ4v) is 4.94. The molecule has 2 heterocycles. The van der Waals surface area contributed by atoms with Crippen LogP contribution in [-0.4, -0.2) is 58.8 Å². The predicted octanol–water partition coefficient (Wildman–Crippen LogP) is 1.87. The van der Waals surface area contributed by atoms with Crippen molar-refractivity contribution in [3.63, 3.8) is 0 Å². The van der Waals surface area contributed by atoms with Gasteiger partial charge in [0.05, 0.1) is 21.6 Å². The van der Waals surface area contributed by atoms with Crippen LogP contribution >= 0.6 is 11.6 Å². The molecule has 0 saturated carbocycles. The summed E-state index contributed by atoms with van der Waals surface area (Å²) in [5.74, 6) is -1.33. The minimum Gasteiger partial charge on any atom is -0.455 e. The average molecular weight is 500 g/mol. The van der Waals surface area contributed by atoms with E-state index in [0.29, 0.717) is 5.82 Å². The molecule has 0 atom stereocenters. The van der Waals surface area contributed by atoms with E-state index in [1.165, 1.54) is 22.6 Å². The van der Waals surface area contributed by atoms with Gasteiger partial charge in [0, 0.05) is 38.5 Å². The van der Waals surface area contributed by atoms with Crippen LogP contribution in [-0.2, 0) is 31.4 Å². The van der Waals surface area contributed by atoms with Gasteiger partial charge in [0.15, 0.2) is 11.6 Å². The van der Waals surface area contributed by atoms with E-state index < -0.39 is 39.3 Å². The number of esters is 1. The van der Waals surface area contributed by atoms with Crippen molar-refractivity contribution >= 4 is 44.9 Å². The van der Waals surface area contributed by atoms with Gasteiger partial charge in [0.1, 0.15) is 5.82 Å². The number of rotatable bonds is 7. The number of amides is 1. The highest BCUT2D eigenvalue weighted by Crippen LogP contribution is 2.27. The number of anilines is 1. The lowest BCUT2D eigenvalue weighted by molar-refractivity contribution is -0.384. The van der Waals surface area contributed by atoms with Crippen molar-refractivity contribution in [2.75, 3.05) is 25.0 Å². The minimum absolute atomic E-state index is 0.0233. The highest BCUT2D eigenvalue weighted by Gasteiger charge is 2.34. The highest BCUT2D eigenvalue weighted by molar-refractivity contribution is 7.89. The number of hydrogen-bond acceptors (Lipinski definition) is 8. The lowest BCUT2D eigenvalue weighted by Gasteiger charge is -2.29. The molecule has 1 fully saturated rings. The third kappa shape index (κ3) is 5.67. The molecule has 0 spiro atoms. The molecule has 1 aliphatic heterocycles. The van der Waals surface area contributed by atoms with E-state index in [1.54, 1.807) is 18.5 Å². The number of aromatic nitrogens is 2. The molecule has 3 rings (SSSR count). The van der Waals surface area contributed by atoms with E-state index in [4.69, 9.17) is 16.3 Å². The average Bonchev–Trinajstić information content (AvgIpc) is 3.12. The van der Waals surface area contributed by atoms with Gasteiger partial charge in [-0.1, -0.05) is 11.6 Å². The number of non-ortho nitro benzene ring substituents is 1. The molecule has 0 radical (unpaired) electrons. The molecular weight excluding hydrogens is 478 g/mol. The number of hydrogen-bond donors (Lipinski definition) is 1. The number of nitrogens with zero attached hydrogens (tertiary/aromatic N) is 4. The quantitative estimate of drug-likeness (QED) is 0.344. The second kappa shape index (κ2) is 9.85. The number of carbonyl (C=O) groups is 2. The molecule has 1 N–H and O–H groups in total. The number of nitro benzene ring substituents is 1. The van der Waals surface area contributed by atoms with Crippen molar-refractivity contribution in [3.8, 4) is 0 Å². The van der Waals surface area contributed by atoms with Crippen LogP contribution in [0.2, 0.25) is 5.02 Å². The first-order valence-electron chi connectivity index (χ1n) is 9.89. The zero-order valence-electron chi connectivity index (χ0n) is 17.9. The van der Waals surface area contributed by atoms with Crippen LogP contribution in [0.25, 0.3) is 0 Å². The first-order valence-corrected chi connectivity index (χ1v) is 11.7. The molecule has 1 aromatic carbocycles. The summed E-state index contributed by atoms with van der Waals surface area (Å²) in [6.07, 6.45) is 1.92. The number of nitrogens with one attached hydrogen (secondary N) is 1. The number of ether oxygens (including phenoxy) is 1. The van der Waals surface area contributed by atoms with Crippen LogP contribution in [0.1, 0.15) is 18.7 Å². The van der Waals surface area contributed by atoms with Gasteiger partial charge in [-0.15, -0.1) is 0 Å². The van der Waals surface area contributed by atoms with Gasteiger partial charge in [0.2, 0.25) is 0 Å². The molecule has 1 aromatic heterocycles. The Labute approximate surface area is 194 Å². The van der Waals surface area contributed by atoms with Gasteiger partial charge in [-0.25, -0.2) is 13.4 Å². The van der Waals surface area contributed by atoms with E-state index in [9.17, 15) is 28.1 Å². The van der Waals surface area contributed by atoms with Crippen molar-refractivity contribution in [1.29, 1.82) is 0 Å². The number of benzene rings is 1. The number of piperidine rings is 1. The maximum absolute atomic E-state index is 12.7. The summed E-state index contributed by atoms with van der Waals surface area (Å²) in [7, 11) is -2.06. The maximum atomic E-state index is 12.7. The molecule has 1 amide bonds. The van der Waals surface area contributed by atoms with Crippen LogP contribution in [0.4, 0.5) is 11.4 Å². The molecule has 33 heavy (non-hydrogen) atoms. The molecule has 0 unspecified atom stereocenters. The normalized spacial score (nSPS) is 15.2. The Hall–Kier alpha value is -3.03. The van der Waals surface area contributed by atoms with Crippen molar-refractivity contribution in [1.82, 2.24) is 13.9 Å². The molecule has 1 aliphatic rings. The van der Waals surface area contributed by atoms with Gasteiger partial charge >= 0.3 is 5.97 Å². The predicted molar refractivity (Wildman–Crippen MR) is 117 cm³/mol. The lowest BCUT2D eigenvalue weighted by Crippen LogP contribution is -2.41. The van der Waals surface area contributed by atoms with Gasteiger partial charge < -0.3 is 14.6 Å². The second-order valence-corrected chi connectivity index (χ2v) is 9.78. The first-order chi connectivity index (χ1) is 15.5. The van der Waals surface area contributed by atoms with E-state index in [0.717, 1.165) is 6.07 Å². The minimum atomic E-state index is -3.76. The van der Waals surface area contributed by atoms with Gasteiger partial charge in [-0.2, -0.15) is 4.31 Å². The van der Waals surface area contributed by atoms with E-state index >= 15 is 0 Å². The van der Waals surface area contributed by atoms with Crippen LogP contribution in [0.15, 0.2) is 29.4 Å². The molecule has 0 bridgehead atoms. The van der Waals surface area contributed by atoms with E-state index in [2.05, 4.69) is 10.3 Å². The smallest absolute Gasteiger partial charge is 0.309 e. The van der Waals surface area contributed by atoms with Crippen LogP contribution < -0.4 is 5.32 Å². The summed E-state index contributed by atoms with van der Waals surface area (Å²) in [5.41, 5.74) is -0.232. The molecule has 0 aliphatic carbocycles. The van der Waals surface area contributed by atoms with Crippen molar-refractivity contribution in [2.24, 2.45) is 13.0 Å². The van der Waals surface area contributed by atoms with Crippen molar-refractivity contribution in [3.05, 3.63) is 45.4 Å². The van der Waals surface area contributed by atoms with Crippen molar-refractivity contribution in [2.45, 2.75) is 24.8 Å². The van der Waals surface area contributed by atoms with Gasteiger partial charge in [0.25, 0.3) is 21.6 Å². The van der Waals surface area contributed by atoms with E-state index in [-0.39, 0.29) is 47.4 Å². The Kier molecular flexibility index (Phi) is 7.34. The summed E-state index contributed by atoms with van der Waals surface area (Å²) in [5, 5.41) is 13.3. The summed E-state index contributed by atoms with van der Waals surface area (Å²) < 4.78 is 33.4. The monoisotopic (exact) mass is 499 g/mol.